The van der Waals surface area contributed by atoms with Gasteiger partial charge >= 0.3 is 5.97 Å². The van der Waals surface area contributed by atoms with Crippen molar-refractivity contribution in [2.24, 2.45) is 0 Å². The maximum Gasteiger partial charge on any atom is 0.337 e. The molecule has 0 amide bonds. The summed E-state index contributed by atoms with van der Waals surface area (Å²) < 4.78 is 4.71. The Kier molecular flexibility index (Phi) is 3.33. The average Bonchev–Trinajstić information content (AvgIpc) is 2.38. The number of esters is 1. The molecule has 3 heteroatoms. The molecule has 0 aromatic heterocycles. The van der Waals surface area contributed by atoms with Gasteiger partial charge in [-0.05, 0) is 36.2 Å². The van der Waals surface area contributed by atoms with E-state index in [1.165, 1.54) is 12.7 Å². The number of carbonyl (C=O) groups is 1. The molecule has 18 heavy (non-hydrogen) atoms. The summed E-state index contributed by atoms with van der Waals surface area (Å²) >= 11 is 0. The highest BCUT2D eigenvalue weighted by atomic mass is 16.5. The SMILES string of the molecule is COC(=O)c1cc(N)cc(-c2ccc(C)cc2)c1. The van der Waals surface area contributed by atoms with Crippen molar-refractivity contribution in [2.45, 2.75) is 6.92 Å². The normalized spacial score (nSPS) is 10.1. The highest BCUT2D eigenvalue weighted by Gasteiger charge is 2.08. The molecule has 0 aliphatic rings. The van der Waals surface area contributed by atoms with Crippen LogP contribution in [0.5, 0.6) is 0 Å². The molecule has 2 N–H and O–H groups in total. The zero-order valence-corrected chi connectivity index (χ0v) is 10.4. The lowest BCUT2D eigenvalue weighted by atomic mass is 10.0. The molecule has 0 aliphatic heterocycles. The molecule has 3 nitrogen and oxygen atoms in total. The van der Waals surface area contributed by atoms with Crippen LogP contribution in [0.4, 0.5) is 5.69 Å². The fourth-order valence-corrected chi connectivity index (χ4v) is 1.80. The number of hydrogen-bond acceptors (Lipinski definition) is 3. The Hall–Kier alpha value is -2.29. The Morgan fingerprint density at radius 1 is 1.06 bits per heavy atom. The first-order valence-electron chi connectivity index (χ1n) is 5.66. The molecule has 2 aromatic rings. The van der Waals surface area contributed by atoms with E-state index in [-0.39, 0.29) is 5.97 Å². The van der Waals surface area contributed by atoms with Crippen LogP contribution in [0.3, 0.4) is 0 Å². The van der Waals surface area contributed by atoms with Gasteiger partial charge in [-0.1, -0.05) is 29.8 Å². The van der Waals surface area contributed by atoms with Gasteiger partial charge < -0.3 is 10.5 Å². The van der Waals surface area contributed by atoms with Crippen molar-refractivity contribution >= 4 is 11.7 Å². The van der Waals surface area contributed by atoms with Crippen molar-refractivity contribution in [3.05, 3.63) is 53.6 Å². The molecule has 0 spiro atoms. The van der Waals surface area contributed by atoms with Crippen molar-refractivity contribution in [2.75, 3.05) is 12.8 Å². The van der Waals surface area contributed by atoms with E-state index in [1.807, 2.05) is 37.3 Å². The van der Waals surface area contributed by atoms with E-state index in [1.54, 1.807) is 12.1 Å². The number of methoxy groups -OCH3 is 1. The van der Waals surface area contributed by atoms with Gasteiger partial charge in [-0.3, -0.25) is 0 Å². The number of ether oxygens (including phenoxy) is 1. The second kappa shape index (κ2) is 4.92. The third-order valence-corrected chi connectivity index (χ3v) is 2.76. The van der Waals surface area contributed by atoms with Crippen LogP contribution < -0.4 is 5.73 Å². The first kappa shape index (κ1) is 12.2. The van der Waals surface area contributed by atoms with E-state index in [0.717, 1.165) is 11.1 Å². The lowest BCUT2D eigenvalue weighted by Gasteiger charge is -2.07. The zero-order valence-electron chi connectivity index (χ0n) is 10.4. The van der Waals surface area contributed by atoms with E-state index in [2.05, 4.69) is 0 Å². The molecule has 2 aromatic carbocycles. The van der Waals surface area contributed by atoms with Crippen LogP contribution in [0.2, 0.25) is 0 Å². The Morgan fingerprint density at radius 2 is 1.72 bits per heavy atom. The summed E-state index contributed by atoms with van der Waals surface area (Å²) in [6.07, 6.45) is 0. The molecule has 0 fully saturated rings. The van der Waals surface area contributed by atoms with Gasteiger partial charge in [0, 0.05) is 5.69 Å². The highest BCUT2D eigenvalue weighted by Crippen LogP contribution is 2.24. The second-order valence-corrected chi connectivity index (χ2v) is 4.20. The van der Waals surface area contributed by atoms with Crippen molar-refractivity contribution in [1.29, 1.82) is 0 Å². The topological polar surface area (TPSA) is 52.3 Å². The van der Waals surface area contributed by atoms with Crippen molar-refractivity contribution < 1.29 is 9.53 Å². The molecule has 0 saturated carbocycles. The third kappa shape index (κ3) is 2.51. The number of hydrogen-bond donors (Lipinski definition) is 1. The highest BCUT2D eigenvalue weighted by molar-refractivity contribution is 5.92. The molecule has 0 aliphatic carbocycles. The van der Waals surface area contributed by atoms with Gasteiger partial charge in [0.15, 0.2) is 0 Å². The summed E-state index contributed by atoms with van der Waals surface area (Å²) in [7, 11) is 1.36. The predicted octanol–water partition coefficient (Wildman–Crippen LogP) is 3.03. The van der Waals surface area contributed by atoms with Crippen LogP contribution in [0.25, 0.3) is 11.1 Å². The Labute approximate surface area is 106 Å². The van der Waals surface area contributed by atoms with Crippen LogP contribution in [-0.2, 0) is 4.74 Å². The lowest BCUT2D eigenvalue weighted by Crippen LogP contribution is -2.02. The monoisotopic (exact) mass is 241 g/mol. The van der Waals surface area contributed by atoms with Gasteiger partial charge in [-0.15, -0.1) is 0 Å². The summed E-state index contributed by atoms with van der Waals surface area (Å²) in [5, 5.41) is 0. The second-order valence-electron chi connectivity index (χ2n) is 4.20. The predicted molar refractivity (Wildman–Crippen MR) is 72.4 cm³/mol. The quantitative estimate of drug-likeness (QED) is 0.649. The summed E-state index contributed by atoms with van der Waals surface area (Å²) in [6.45, 7) is 2.03. The molecular formula is C15H15NO2. The molecule has 0 saturated heterocycles. The maximum atomic E-state index is 11.5. The molecular weight excluding hydrogens is 226 g/mol. The van der Waals surface area contributed by atoms with E-state index >= 15 is 0 Å². The number of carbonyl (C=O) groups excluding carboxylic acids is 1. The smallest absolute Gasteiger partial charge is 0.337 e. The molecule has 0 atom stereocenters. The molecule has 0 bridgehead atoms. The van der Waals surface area contributed by atoms with E-state index in [4.69, 9.17) is 10.5 Å². The van der Waals surface area contributed by atoms with Gasteiger partial charge in [0.2, 0.25) is 0 Å². The molecule has 92 valence electrons. The number of benzene rings is 2. The molecule has 0 heterocycles. The summed E-state index contributed by atoms with van der Waals surface area (Å²) in [6, 6.07) is 13.3. The van der Waals surface area contributed by atoms with Gasteiger partial charge in [-0.2, -0.15) is 0 Å². The third-order valence-electron chi connectivity index (χ3n) is 2.76. The van der Waals surface area contributed by atoms with E-state index in [9.17, 15) is 4.79 Å². The Bertz CT molecular complexity index is 574. The number of rotatable bonds is 2. The van der Waals surface area contributed by atoms with Gasteiger partial charge in [0.25, 0.3) is 0 Å². The fourth-order valence-electron chi connectivity index (χ4n) is 1.80. The standard InChI is InChI=1S/C15H15NO2/c1-10-3-5-11(6-4-10)12-7-13(15(17)18-2)9-14(16)8-12/h3-9H,16H2,1-2H3. The van der Waals surface area contributed by atoms with Crippen LogP contribution >= 0.6 is 0 Å². The Balaban J connectivity index is 2.48. The van der Waals surface area contributed by atoms with Crippen LogP contribution in [0.1, 0.15) is 15.9 Å². The summed E-state index contributed by atoms with van der Waals surface area (Å²) in [4.78, 5) is 11.5. The number of nitrogen functional groups attached to an aromatic ring is 1. The maximum absolute atomic E-state index is 11.5. The number of anilines is 1. The average molecular weight is 241 g/mol. The van der Waals surface area contributed by atoms with Crippen LogP contribution in [0.15, 0.2) is 42.5 Å². The molecule has 2 rings (SSSR count). The van der Waals surface area contributed by atoms with Crippen molar-refractivity contribution in [1.82, 2.24) is 0 Å². The van der Waals surface area contributed by atoms with Crippen LogP contribution in [0, 0.1) is 6.92 Å². The molecule has 0 unspecified atom stereocenters. The largest absolute Gasteiger partial charge is 0.465 e. The molecule has 0 radical (unpaired) electrons. The van der Waals surface area contributed by atoms with Gasteiger partial charge in [0.05, 0.1) is 12.7 Å². The van der Waals surface area contributed by atoms with Gasteiger partial charge in [-0.25, -0.2) is 4.79 Å². The van der Waals surface area contributed by atoms with Crippen molar-refractivity contribution in [3.63, 3.8) is 0 Å². The first-order valence-corrected chi connectivity index (χ1v) is 5.66. The fraction of sp³-hybridized carbons (Fsp3) is 0.133. The number of aryl methyl sites for hydroxylation is 1. The first-order chi connectivity index (χ1) is 8.60. The van der Waals surface area contributed by atoms with E-state index in [0.29, 0.717) is 11.3 Å². The summed E-state index contributed by atoms with van der Waals surface area (Å²) in [5.74, 6) is -0.379. The number of nitrogens with two attached hydrogens (primary N) is 1. The minimum Gasteiger partial charge on any atom is -0.465 e. The minimum absolute atomic E-state index is 0.379. The van der Waals surface area contributed by atoms with Gasteiger partial charge in [0.1, 0.15) is 0 Å². The Morgan fingerprint density at radius 3 is 2.33 bits per heavy atom. The van der Waals surface area contributed by atoms with Crippen LogP contribution in [-0.4, -0.2) is 13.1 Å². The van der Waals surface area contributed by atoms with Crippen molar-refractivity contribution in [3.8, 4) is 11.1 Å². The zero-order chi connectivity index (χ0) is 13.1. The van der Waals surface area contributed by atoms with E-state index < -0.39 is 0 Å². The summed E-state index contributed by atoms with van der Waals surface area (Å²) in [5.41, 5.74) is 9.96. The lowest BCUT2D eigenvalue weighted by molar-refractivity contribution is 0.0601. The minimum atomic E-state index is -0.379.